The summed E-state index contributed by atoms with van der Waals surface area (Å²) in [6.45, 7) is 2.21. The highest BCUT2D eigenvalue weighted by molar-refractivity contribution is 7.08. The number of anilines is 1. The average Bonchev–Trinajstić information content (AvgIpc) is 3.10. The van der Waals surface area contributed by atoms with E-state index < -0.39 is 0 Å². The molecule has 1 aliphatic rings. The van der Waals surface area contributed by atoms with Crippen LogP contribution in [0.2, 0.25) is 0 Å². The lowest BCUT2D eigenvalue weighted by atomic mass is 10.2. The molecule has 0 amide bonds. The molecule has 1 aliphatic heterocycles. The van der Waals surface area contributed by atoms with Crippen molar-refractivity contribution < 1.29 is 0 Å². The van der Waals surface area contributed by atoms with Gasteiger partial charge in [-0.25, -0.2) is 0 Å². The minimum atomic E-state index is 0.614. The van der Waals surface area contributed by atoms with Gasteiger partial charge in [0.25, 0.3) is 0 Å². The van der Waals surface area contributed by atoms with Crippen LogP contribution < -0.4 is 10.2 Å². The SMILES string of the molecule is CN[C@@H]1CCN(c2ccnc(-c3ccsc3)c2)C1. The van der Waals surface area contributed by atoms with Crippen molar-refractivity contribution in [2.45, 2.75) is 12.5 Å². The second-order valence-electron chi connectivity index (χ2n) is 4.63. The lowest BCUT2D eigenvalue weighted by Gasteiger charge is -2.19. The van der Waals surface area contributed by atoms with Crippen LogP contribution in [-0.2, 0) is 0 Å². The maximum atomic E-state index is 4.46. The highest BCUT2D eigenvalue weighted by atomic mass is 32.1. The molecule has 1 saturated heterocycles. The van der Waals surface area contributed by atoms with Crippen molar-refractivity contribution >= 4 is 17.0 Å². The zero-order valence-corrected chi connectivity index (χ0v) is 11.3. The van der Waals surface area contributed by atoms with Crippen LogP contribution in [-0.4, -0.2) is 31.2 Å². The van der Waals surface area contributed by atoms with E-state index in [1.54, 1.807) is 11.3 Å². The van der Waals surface area contributed by atoms with E-state index in [9.17, 15) is 0 Å². The van der Waals surface area contributed by atoms with Crippen LogP contribution in [0.15, 0.2) is 35.2 Å². The lowest BCUT2D eigenvalue weighted by Crippen LogP contribution is -2.29. The van der Waals surface area contributed by atoms with Gasteiger partial charge < -0.3 is 10.2 Å². The molecule has 2 aromatic heterocycles. The predicted octanol–water partition coefficient (Wildman–Crippen LogP) is 2.61. The molecule has 94 valence electrons. The molecule has 0 radical (unpaired) electrons. The molecule has 4 heteroatoms. The van der Waals surface area contributed by atoms with E-state index in [1.165, 1.54) is 17.7 Å². The second kappa shape index (κ2) is 5.08. The number of pyridine rings is 1. The maximum Gasteiger partial charge on any atom is 0.0730 e. The lowest BCUT2D eigenvalue weighted by molar-refractivity contribution is 0.617. The van der Waals surface area contributed by atoms with Crippen molar-refractivity contribution in [1.82, 2.24) is 10.3 Å². The average molecular weight is 259 g/mol. The molecule has 3 rings (SSSR count). The number of rotatable bonds is 3. The number of thiophene rings is 1. The second-order valence-corrected chi connectivity index (χ2v) is 5.41. The zero-order valence-electron chi connectivity index (χ0n) is 10.5. The van der Waals surface area contributed by atoms with Crippen molar-refractivity contribution in [3.8, 4) is 11.3 Å². The van der Waals surface area contributed by atoms with Crippen LogP contribution in [0.3, 0.4) is 0 Å². The number of nitrogens with one attached hydrogen (secondary N) is 1. The van der Waals surface area contributed by atoms with Gasteiger partial charge in [-0.15, -0.1) is 0 Å². The first-order valence-corrected chi connectivity index (χ1v) is 7.22. The molecule has 0 aromatic carbocycles. The first-order valence-electron chi connectivity index (χ1n) is 6.27. The van der Waals surface area contributed by atoms with Gasteiger partial charge in [-0.1, -0.05) is 0 Å². The van der Waals surface area contributed by atoms with Crippen molar-refractivity contribution in [3.05, 3.63) is 35.2 Å². The van der Waals surface area contributed by atoms with Crippen molar-refractivity contribution in [1.29, 1.82) is 0 Å². The molecular weight excluding hydrogens is 242 g/mol. The minimum absolute atomic E-state index is 0.614. The van der Waals surface area contributed by atoms with Gasteiger partial charge in [-0.05, 0) is 37.0 Å². The monoisotopic (exact) mass is 259 g/mol. The summed E-state index contributed by atoms with van der Waals surface area (Å²) in [6, 6.07) is 7.04. The number of hydrogen-bond donors (Lipinski definition) is 1. The largest absolute Gasteiger partial charge is 0.370 e. The smallest absolute Gasteiger partial charge is 0.0730 e. The Kier molecular flexibility index (Phi) is 3.30. The Morgan fingerprint density at radius 1 is 1.44 bits per heavy atom. The normalized spacial score (nSPS) is 19.4. The maximum absolute atomic E-state index is 4.46. The van der Waals surface area contributed by atoms with E-state index in [1.807, 2.05) is 13.2 Å². The van der Waals surface area contributed by atoms with Crippen LogP contribution in [0.5, 0.6) is 0 Å². The molecule has 1 N–H and O–H groups in total. The summed E-state index contributed by atoms with van der Waals surface area (Å²) in [5.74, 6) is 0. The number of aromatic nitrogens is 1. The van der Waals surface area contributed by atoms with Gasteiger partial charge >= 0.3 is 0 Å². The Morgan fingerprint density at radius 2 is 2.39 bits per heavy atom. The molecule has 3 heterocycles. The number of nitrogens with zero attached hydrogens (tertiary/aromatic N) is 2. The Balaban J connectivity index is 1.84. The number of likely N-dealkylation sites (N-methyl/N-ethyl adjacent to an activating group) is 1. The molecule has 1 atom stereocenters. The molecule has 0 bridgehead atoms. The van der Waals surface area contributed by atoms with Crippen LogP contribution in [0.25, 0.3) is 11.3 Å². The molecule has 0 unspecified atom stereocenters. The van der Waals surface area contributed by atoms with E-state index in [4.69, 9.17) is 0 Å². The molecule has 1 fully saturated rings. The Bertz CT molecular complexity index is 510. The van der Waals surface area contributed by atoms with Crippen LogP contribution in [0, 0.1) is 0 Å². The van der Waals surface area contributed by atoms with E-state index in [0.717, 1.165) is 18.8 Å². The van der Waals surface area contributed by atoms with Crippen LogP contribution in [0.4, 0.5) is 5.69 Å². The van der Waals surface area contributed by atoms with Gasteiger partial charge in [0.15, 0.2) is 0 Å². The fourth-order valence-corrected chi connectivity index (χ4v) is 3.06. The van der Waals surface area contributed by atoms with Gasteiger partial charge in [0.1, 0.15) is 0 Å². The molecule has 2 aromatic rings. The summed E-state index contributed by atoms with van der Waals surface area (Å²) in [4.78, 5) is 6.89. The Labute approximate surface area is 111 Å². The molecular formula is C14H17N3S. The molecule has 0 spiro atoms. The van der Waals surface area contributed by atoms with Gasteiger partial charge in [-0.2, -0.15) is 11.3 Å². The van der Waals surface area contributed by atoms with E-state index in [0.29, 0.717) is 6.04 Å². The van der Waals surface area contributed by atoms with Crippen molar-refractivity contribution in [3.63, 3.8) is 0 Å². The molecule has 3 nitrogen and oxygen atoms in total. The van der Waals surface area contributed by atoms with Gasteiger partial charge in [0.2, 0.25) is 0 Å². The fourth-order valence-electron chi connectivity index (χ4n) is 2.41. The summed E-state index contributed by atoms with van der Waals surface area (Å²) >= 11 is 1.71. The summed E-state index contributed by atoms with van der Waals surface area (Å²) < 4.78 is 0. The first-order chi connectivity index (χ1) is 8.86. The summed E-state index contributed by atoms with van der Waals surface area (Å²) in [7, 11) is 2.04. The van der Waals surface area contributed by atoms with E-state index in [2.05, 4.69) is 44.2 Å². The minimum Gasteiger partial charge on any atom is -0.370 e. The third-order valence-electron chi connectivity index (χ3n) is 3.52. The number of hydrogen-bond acceptors (Lipinski definition) is 4. The van der Waals surface area contributed by atoms with E-state index in [-0.39, 0.29) is 0 Å². The summed E-state index contributed by atoms with van der Waals surface area (Å²) in [5.41, 5.74) is 3.57. The molecule has 0 saturated carbocycles. The van der Waals surface area contributed by atoms with Crippen molar-refractivity contribution in [2.24, 2.45) is 0 Å². The summed E-state index contributed by atoms with van der Waals surface area (Å²) in [5, 5.41) is 7.59. The van der Waals surface area contributed by atoms with Crippen molar-refractivity contribution in [2.75, 3.05) is 25.0 Å². The highest BCUT2D eigenvalue weighted by Gasteiger charge is 2.21. The van der Waals surface area contributed by atoms with Gasteiger partial charge in [0.05, 0.1) is 5.69 Å². The third kappa shape index (κ3) is 2.26. The van der Waals surface area contributed by atoms with E-state index >= 15 is 0 Å². The highest BCUT2D eigenvalue weighted by Crippen LogP contribution is 2.26. The summed E-state index contributed by atoms with van der Waals surface area (Å²) in [6.07, 6.45) is 3.13. The third-order valence-corrected chi connectivity index (χ3v) is 4.21. The van der Waals surface area contributed by atoms with Gasteiger partial charge in [0, 0.05) is 42.0 Å². The topological polar surface area (TPSA) is 28.2 Å². The molecule has 0 aliphatic carbocycles. The quantitative estimate of drug-likeness (QED) is 0.918. The first kappa shape index (κ1) is 11.7. The van der Waals surface area contributed by atoms with Gasteiger partial charge in [-0.3, -0.25) is 4.98 Å². The van der Waals surface area contributed by atoms with Crippen LogP contribution in [0.1, 0.15) is 6.42 Å². The van der Waals surface area contributed by atoms with Crippen LogP contribution >= 0.6 is 11.3 Å². The Morgan fingerprint density at radius 3 is 3.11 bits per heavy atom. The predicted molar refractivity (Wildman–Crippen MR) is 77.2 cm³/mol. The Hall–Kier alpha value is -1.39. The molecule has 18 heavy (non-hydrogen) atoms. The standard InChI is InChI=1S/C14H17N3S/c1-15-12-3-6-17(9-12)13-2-5-16-14(8-13)11-4-7-18-10-11/h2,4-5,7-8,10,12,15H,3,6,9H2,1H3/t12-/m1/s1. The zero-order chi connectivity index (χ0) is 12.4. The fraction of sp³-hybridized carbons (Fsp3) is 0.357.